The van der Waals surface area contributed by atoms with Crippen molar-refractivity contribution in [1.82, 2.24) is 5.32 Å². The molecule has 0 spiro atoms. The van der Waals surface area contributed by atoms with Crippen molar-refractivity contribution in [1.29, 1.82) is 0 Å². The van der Waals surface area contributed by atoms with Crippen LogP contribution in [0.2, 0.25) is 5.02 Å². The zero-order valence-corrected chi connectivity index (χ0v) is 13.7. The Morgan fingerprint density at radius 3 is 2.23 bits per heavy atom. The first-order valence-corrected chi connectivity index (χ1v) is 8.48. The molecule has 7 nitrogen and oxygen atoms in total. The highest BCUT2D eigenvalue weighted by molar-refractivity contribution is 7.90. The van der Waals surface area contributed by atoms with E-state index in [9.17, 15) is 23.1 Å². The number of aromatic carboxylic acids is 1. The van der Waals surface area contributed by atoms with E-state index in [-0.39, 0.29) is 5.92 Å². The van der Waals surface area contributed by atoms with Gasteiger partial charge >= 0.3 is 5.97 Å². The maximum absolute atomic E-state index is 12.2. The van der Waals surface area contributed by atoms with Crippen molar-refractivity contribution < 1.29 is 28.2 Å². The third-order valence-electron chi connectivity index (χ3n) is 2.87. The fourth-order valence-electron chi connectivity index (χ4n) is 1.62. The minimum absolute atomic E-state index is 0.327. The number of aliphatic hydroxyl groups excluding tert-OH is 1. The molecule has 0 aromatic heterocycles. The molecule has 0 saturated heterocycles. The van der Waals surface area contributed by atoms with Crippen LogP contribution in [0.5, 0.6) is 0 Å². The van der Waals surface area contributed by atoms with E-state index in [1.54, 1.807) is 13.8 Å². The van der Waals surface area contributed by atoms with Gasteiger partial charge in [0.2, 0.25) is 0 Å². The Labute approximate surface area is 132 Å². The second kappa shape index (κ2) is 6.64. The fraction of sp³-hybridized carbons (Fsp3) is 0.385. The Kier molecular flexibility index (Phi) is 5.55. The molecule has 22 heavy (non-hydrogen) atoms. The molecule has 0 heterocycles. The van der Waals surface area contributed by atoms with Crippen molar-refractivity contribution in [2.75, 3.05) is 6.26 Å². The summed E-state index contributed by atoms with van der Waals surface area (Å²) in [6.07, 6.45) is -0.362. The summed E-state index contributed by atoms with van der Waals surface area (Å²) in [6.45, 7) is 3.27. The van der Waals surface area contributed by atoms with Gasteiger partial charge in [-0.1, -0.05) is 25.4 Å². The summed E-state index contributed by atoms with van der Waals surface area (Å²) in [5.74, 6) is -2.69. The van der Waals surface area contributed by atoms with Gasteiger partial charge in [-0.2, -0.15) is 0 Å². The normalized spacial score (nSPS) is 13.0. The van der Waals surface area contributed by atoms with Crippen molar-refractivity contribution in [2.45, 2.75) is 25.0 Å². The number of carbonyl (C=O) groups excluding carboxylic acids is 1. The van der Waals surface area contributed by atoms with Gasteiger partial charge in [0, 0.05) is 6.26 Å². The van der Waals surface area contributed by atoms with Gasteiger partial charge in [0.05, 0.1) is 21.0 Å². The lowest BCUT2D eigenvalue weighted by Crippen LogP contribution is -2.39. The zero-order valence-electron chi connectivity index (χ0n) is 12.1. The van der Waals surface area contributed by atoms with Gasteiger partial charge in [-0.15, -0.1) is 0 Å². The number of carboxylic acid groups (broad SMARTS) is 1. The molecule has 9 heteroatoms. The van der Waals surface area contributed by atoms with Gasteiger partial charge < -0.3 is 15.5 Å². The molecule has 0 saturated carbocycles. The van der Waals surface area contributed by atoms with Crippen molar-refractivity contribution in [3.8, 4) is 0 Å². The molecule has 0 aliphatic carbocycles. The van der Waals surface area contributed by atoms with E-state index < -0.39 is 49.0 Å². The summed E-state index contributed by atoms with van der Waals surface area (Å²) in [5, 5.41) is 20.4. The molecule has 1 rings (SSSR count). The third-order valence-corrected chi connectivity index (χ3v) is 4.40. The van der Waals surface area contributed by atoms with Crippen LogP contribution in [0.3, 0.4) is 0 Å². The van der Waals surface area contributed by atoms with Gasteiger partial charge in [0.1, 0.15) is 6.23 Å². The molecule has 122 valence electrons. The molecule has 0 bridgehead atoms. The van der Waals surface area contributed by atoms with Crippen molar-refractivity contribution >= 4 is 33.3 Å². The second-order valence-electron chi connectivity index (χ2n) is 5.04. The molecule has 0 aliphatic heterocycles. The standard InChI is InChI=1S/C13H16ClNO6S/c1-6(2)11(16)15-12(17)9-8(22(3,20)21)5-4-7(10(9)14)13(18)19/h4-6,11,16H,1-3H3,(H,15,17)(H,18,19). The molecule has 0 aliphatic rings. The maximum atomic E-state index is 12.2. The lowest BCUT2D eigenvalue weighted by Gasteiger charge is -2.18. The van der Waals surface area contributed by atoms with Gasteiger partial charge in [0.25, 0.3) is 5.91 Å². The van der Waals surface area contributed by atoms with E-state index in [0.29, 0.717) is 0 Å². The number of carbonyl (C=O) groups is 2. The predicted octanol–water partition coefficient (Wildman–Crippen LogP) is 1.15. The van der Waals surface area contributed by atoms with E-state index in [1.807, 2.05) is 0 Å². The fourth-order valence-corrected chi connectivity index (χ4v) is 2.89. The summed E-state index contributed by atoms with van der Waals surface area (Å²) in [6, 6.07) is 2.01. The molecule has 0 radical (unpaired) electrons. The second-order valence-corrected chi connectivity index (χ2v) is 7.40. The first-order valence-electron chi connectivity index (χ1n) is 6.21. The number of carboxylic acids is 1. The van der Waals surface area contributed by atoms with E-state index in [2.05, 4.69) is 5.32 Å². The van der Waals surface area contributed by atoms with E-state index in [4.69, 9.17) is 16.7 Å². The number of amides is 1. The highest BCUT2D eigenvalue weighted by Crippen LogP contribution is 2.28. The Bertz CT molecular complexity index is 713. The quantitative estimate of drug-likeness (QED) is 0.685. The molecule has 1 aromatic rings. The Balaban J connectivity index is 3.51. The van der Waals surface area contributed by atoms with Crippen LogP contribution in [-0.2, 0) is 9.84 Å². The van der Waals surface area contributed by atoms with Gasteiger partial charge in [-0.05, 0) is 18.1 Å². The topological polar surface area (TPSA) is 121 Å². The van der Waals surface area contributed by atoms with Crippen LogP contribution in [0, 0.1) is 5.92 Å². The lowest BCUT2D eigenvalue weighted by atomic mass is 10.1. The molecular formula is C13H16ClNO6S. The number of nitrogens with one attached hydrogen (secondary N) is 1. The average molecular weight is 350 g/mol. The highest BCUT2D eigenvalue weighted by atomic mass is 35.5. The number of halogens is 1. The highest BCUT2D eigenvalue weighted by Gasteiger charge is 2.27. The zero-order chi connectivity index (χ0) is 17.2. The molecule has 1 aromatic carbocycles. The number of benzene rings is 1. The molecule has 3 N–H and O–H groups in total. The van der Waals surface area contributed by atoms with Crippen LogP contribution in [0.4, 0.5) is 0 Å². The van der Waals surface area contributed by atoms with Gasteiger partial charge in [-0.25, -0.2) is 13.2 Å². The SMILES string of the molecule is CC(C)C(O)NC(=O)c1c(S(C)(=O)=O)ccc(C(=O)O)c1Cl. The van der Waals surface area contributed by atoms with E-state index in [0.717, 1.165) is 18.4 Å². The monoisotopic (exact) mass is 349 g/mol. The molecular weight excluding hydrogens is 334 g/mol. The Hall–Kier alpha value is -1.64. The molecule has 1 unspecified atom stereocenters. The van der Waals surface area contributed by atoms with Crippen LogP contribution in [0.1, 0.15) is 34.6 Å². The average Bonchev–Trinajstić information content (AvgIpc) is 2.36. The third kappa shape index (κ3) is 3.96. The number of aliphatic hydroxyl groups is 1. The summed E-state index contributed by atoms with van der Waals surface area (Å²) in [5.41, 5.74) is -0.901. The summed E-state index contributed by atoms with van der Waals surface area (Å²) >= 11 is 5.89. The summed E-state index contributed by atoms with van der Waals surface area (Å²) in [4.78, 5) is 22.9. The minimum Gasteiger partial charge on any atom is -0.478 e. The van der Waals surface area contributed by atoms with Crippen LogP contribution in [0.25, 0.3) is 0 Å². The maximum Gasteiger partial charge on any atom is 0.337 e. The summed E-state index contributed by atoms with van der Waals surface area (Å²) < 4.78 is 23.5. The first kappa shape index (κ1) is 18.4. The van der Waals surface area contributed by atoms with Gasteiger partial charge in [0.15, 0.2) is 9.84 Å². The minimum atomic E-state index is -3.82. The van der Waals surface area contributed by atoms with Crippen LogP contribution in [-0.4, -0.2) is 43.0 Å². The largest absolute Gasteiger partial charge is 0.478 e. The first-order chi connectivity index (χ1) is 9.96. The van der Waals surface area contributed by atoms with Crippen molar-refractivity contribution in [3.63, 3.8) is 0 Å². The van der Waals surface area contributed by atoms with E-state index in [1.165, 1.54) is 0 Å². The van der Waals surface area contributed by atoms with E-state index >= 15 is 0 Å². The van der Waals surface area contributed by atoms with Crippen LogP contribution in [0.15, 0.2) is 17.0 Å². The lowest BCUT2D eigenvalue weighted by molar-refractivity contribution is 0.0644. The number of rotatable bonds is 5. The summed E-state index contributed by atoms with van der Waals surface area (Å²) in [7, 11) is -3.82. The number of hydrogen-bond acceptors (Lipinski definition) is 5. The molecule has 1 amide bonds. The molecule has 1 atom stereocenters. The molecule has 0 fully saturated rings. The number of hydrogen-bond donors (Lipinski definition) is 3. The van der Waals surface area contributed by atoms with Gasteiger partial charge in [-0.3, -0.25) is 4.79 Å². The van der Waals surface area contributed by atoms with Crippen molar-refractivity contribution in [3.05, 3.63) is 28.3 Å². The van der Waals surface area contributed by atoms with Crippen LogP contribution >= 0.6 is 11.6 Å². The predicted molar refractivity (Wildman–Crippen MR) is 79.8 cm³/mol. The Morgan fingerprint density at radius 2 is 1.82 bits per heavy atom. The Morgan fingerprint density at radius 1 is 1.27 bits per heavy atom. The number of sulfone groups is 1. The van der Waals surface area contributed by atoms with Crippen LogP contribution < -0.4 is 5.32 Å². The smallest absolute Gasteiger partial charge is 0.337 e. The van der Waals surface area contributed by atoms with Crippen molar-refractivity contribution in [2.24, 2.45) is 5.92 Å².